The van der Waals surface area contributed by atoms with Crippen LogP contribution in [0.15, 0.2) is 24.3 Å². The number of hydrogen-bond acceptors (Lipinski definition) is 3. The third-order valence-electron chi connectivity index (χ3n) is 2.62. The summed E-state index contributed by atoms with van der Waals surface area (Å²) in [5, 5.41) is 6.16. The van der Waals surface area contributed by atoms with Crippen LogP contribution in [-0.2, 0) is 9.53 Å². The second kappa shape index (κ2) is 7.84. The molecule has 0 aliphatic rings. The van der Waals surface area contributed by atoms with Crippen LogP contribution >= 0.6 is 0 Å². The SMILES string of the molecule is CCNC(C)c1cccc(NC(=O)COCC)c1. The first kappa shape index (κ1) is 14.7. The van der Waals surface area contributed by atoms with Crippen molar-refractivity contribution >= 4 is 11.6 Å². The van der Waals surface area contributed by atoms with Gasteiger partial charge in [-0.2, -0.15) is 0 Å². The predicted molar refractivity (Wildman–Crippen MR) is 73.7 cm³/mol. The highest BCUT2D eigenvalue weighted by molar-refractivity contribution is 5.91. The standard InChI is InChI=1S/C14H22N2O2/c1-4-15-11(3)12-7-6-8-13(9-12)16-14(17)10-18-5-2/h6-9,11,15H,4-5,10H2,1-3H3,(H,16,17). The van der Waals surface area contributed by atoms with Gasteiger partial charge in [-0.3, -0.25) is 4.79 Å². The minimum absolute atomic E-state index is 0.101. The van der Waals surface area contributed by atoms with Crippen molar-refractivity contribution in [3.63, 3.8) is 0 Å². The second-order valence-electron chi connectivity index (χ2n) is 4.09. The summed E-state index contributed by atoms with van der Waals surface area (Å²) in [6, 6.07) is 8.13. The zero-order valence-electron chi connectivity index (χ0n) is 11.3. The van der Waals surface area contributed by atoms with Gasteiger partial charge in [0.1, 0.15) is 6.61 Å². The van der Waals surface area contributed by atoms with Crippen LogP contribution in [0.4, 0.5) is 5.69 Å². The summed E-state index contributed by atoms with van der Waals surface area (Å²) in [5.74, 6) is -0.120. The number of amides is 1. The first-order valence-electron chi connectivity index (χ1n) is 6.38. The van der Waals surface area contributed by atoms with Gasteiger partial charge in [-0.15, -0.1) is 0 Å². The summed E-state index contributed by atoms with van der Waals surface area (Å²) >= 11 is 0. The molecule has 0 spiro atoms. The molecule has 0 heterocycles. The molecule has 0 bridgehead atoms. The van der Waals surface area contributed by atoms with Gasteiger partial charge in [-0.05, 0) is 38.1 Å². The molecule has 0 saturated heterocycles. The highest BCUT2D eigenvalue weighted by atomic mass is 16.5. The molecule has 0 radical (unpaired) electrons. The molecule has 18 heavy (non-hydrogen) atoms. The van der Waals surface area contributed by atoms with E-state index in [4.69, 9.17) is 4.74 Å². The van der Waals surface area contributed by atoms with E-state index in [-0.39, 0.29) is 18.6 Å². The maximum absolute atomic E-state index is 11.5. The summed E-state index contributed by atoms with van der Waals surface area (Å²) < 4.78 is 5.06. The summed E-state index contributed by atoms with van der Waals surface area (Å²) in [5.41, 5.74) is 1.97. The minimum Gasteiger partial charge on any atom is -0.372 e. The second-order valence-corrected chi connectivity index (χ2v) is 4.09. The Morgan fingerprint density at radius 2 is 2.17 bits per heavy atom. The van der Waals surface area contributed by atoms with Crippen LogP contribution in [-0.4, -0.2) is 25.7 Å². The lowest BCUT2D eigenvalue weighted by Crippen LogP contribution is -2.20. The van der Waals surface area contributed by atoms with Gasteiger partial charge in [0, 0.05) is 18.3 Å². The molecular formula is C14H22N2O2. The Labute approximate surface area is 109 Å². The van der Waals surface area contributed by atoms with Gasteiger partial charge < -0.3 is 15.4 Å². The summed E-state index contributed by atoms with van der Waals surface area (Å²) in [6.45, 7) is 7.61. The van der Waals surface area contributed by atoms with Gasteiger partial charge >= 0.3 is 0 Å². The van der Waals surface area contributed by atoms with Crippen LogP contribution in [0.3, 0.4) is 0 Å². The molecule has 1 rings (SSSR count). The Bertz CT molecular complexity index is 380. The number of hydrogen-bond donors (Lipinski definition) is 2. The maximum Gasteiger partial charge on any atom is 0.250 e. The van der Waals surface area contributed by atoms with Crippen LogP contribution in [0.1, 0.15) is 32.4 Å². The van der Waals surface area contributed by atoms with E-state index in [0.29, 0.717) is 6.61 Å². The van der Waals surface area contributed by atoms with E-state index in [1.165, 1.54) is 0 Å². The normalized spacial score (nSPS) is 12.2. The van der Waals surface area contributed by atoms with Crippen LogP contribution in [0.25, 0.3) is 0 Å². The fourth-order valence-electron chi connectivity index (χ4n) is 1.70. The smallest absolute Gasteiger partial charge is 0.250 e. The van der Waals surface area contributed by atoms with Crippen molar-refractivity contribution in [2.45, 2.75) is 26.8 Å². The molecule has 1 atom stereocenters. The maximum atomic E-state index is 11.5. The highest BCUT2D eigenvalue weighted by Crippen LogP contribution is 2.17. The molecule has 0 aliphatic heterocycles. The number of benzene rings is 1. The molecule has 1 aromatic rings. The summed E-state index contributed by atoms with van der Waals surface area (Å²) in [6.07, 6.45) is 0. The number of carbonyl (C=O) groups is 1. The molecule has 4 heteroatoms. The molecule has 0 saturated carbocycles. The molecule has 4 nitrogen and oxygen atoms in total. The van der Waals surface area contributed by atoms with Gasteiger partial charge in [-0.25, -0.2) is 0 Å². The van der Waals surface area contributed by atoms with E-state index in [9.17, 15) is 4.79 Å². The van der Waals surface area contributed by atoms with E-state index in [1.807, 2.05) is 31.2 Å². The zero-order valence-corrected chi connectivity index (χ0v) is 11.3. The van der Waals surface area contributed by atoms with Gasteiger partial charge in [0.15, 0.2) is 0 Å². The number of anilines is 1. The number of carbonyl (C=O) groups excluding carboxylic acids is 1. The van der Waals surface area contributed by atoms with Crippen LogP contribution < -0.4 is 10.6 Å². The third-order valence-corrected chi connectivity index (χ3v) is 2.62. The molecule has 0 fully saturated rings. The van der Waals surface area contributed by atoms with Crippen molar-refractivity contribution in [3.8, 4) is 0 Å². The van der Waals surface area contributed by atoms with Gasteiger partial charge in [0.25, 0.3) is 0 Å². The van der Waals surface area contributed by atoms with Crippen molar-refractivity contribution in [3.05, 3.63) is 29.8 Å². The largest absolute Gasteiger partial charge is 0.372 e. The average molecular weight is 250 g/mol. The molecule has 1 unspecified atom stereocenters. The Balaban J connectivity index is 2.61. The lowest BCUT2D eigenvalue weighted by atomic mass is 10.1. The molecular weight excluding hydrogens is 228 g/mol. The number of nitrogens with one attached hydrogen (secondary N) is 2. The number of rotatable bonds is 7. The van der Waals surface area contributed by atoms with E-state index in [0.717, 1.165) is 17.8 Å². The molecule has 0 aliphatic carbocycles. The highest BCUT2D eigenvalue weighted by Gasteiger charge is 2.06. The Hall–Kier alpha value is -1.39. The lowest BCUT2D eigenvalue weighted by Gasteiger charge is -2.14. The van der Waals surface area contributed by atoms with Crippen molar-refractivity contribution < 1.29 is 9.53 Å². The van der Waals surface area contributed by atoms with E-state index < -0.39 is 0 Å². The van der Waals surface area contributed by atoms with Crippen LogP contribution in [0, 0.1) is 0 Å². The molecule has 1 aromatic carbocycles. The predicted octanol–water partition coefficient (Wildman–Crippen LogP) is 2.33. The zero-order chi connectivity index (χ0) is 13.4. The molecule has 0 aromatic heterocycles. The molecule has 2 N–H and O–H groups in total. The van der Waals surface area contributed by atoms with Gasteiger partial charge in [0.05, 0.1) is 0 Å². The van der Waals surface area contributed by atoms with Crippen LogP contribution in [0.5, 0.6) is 0 Å². The third kappa shape index (κ3) is 4.85. The fourth-order valence-corrected chi connectivity index (χ4v) is 1.70. The molecule has 1 amide bonds. The monoisotopic (exact) mass is 250 g/mol. The van der Waals surface area contributed by atoms with Crippen molar-refractivity contribution in [1.29, 1.82) is 0 Å². The van der Waals surface area contributed by atoms with E-state index >= 15 is 0 Å². The topological polar surface area (TPSA) is 50.4 Å². The van der Waals surface area contributed by atoms with Gasteiger partial charge in [-0.1, -0.05) is 19.1 Å². The lowest BCUT2D eigenvalue weighted by molar-refractivity contribution is -0.120. The summed E-state index contributed by atoms with van der Waals surface area (Å²) in [7, 11) is 0. The first-order valence-corrected chi connectivity index (χ1v) is 6.38. The van der Waals surface area contributed by atoms with Crippen molar-refractivity contribution in [2.24, 2.45) is 0 Å². The van der Waals surface area contributed by atoms with Crippen molar-refractivity contribution in [1.82, 2.24) is 5.32 Å². The van der Waals surface area contributed by atoms with Crippen molar-refractivity contribution in [2.75, 3.05) is 25.1 Å². The summed E-state index contributed by atoms with van der Waals surface area (Å²) in [4.78, 5) is 11.5. The Morgan fingerprint density at radius 3 is 2.83 bits per heavy atom. The van der Waals surface area contributed by atoms with E-state index in [2.05, 4.69) is 24.5 Å². The molecule has 100 valence electrons. The number of ether oxygens (including phenoxy) is 1. The quantitative estimate of drug-likeness (QED) is 0.781. The Morgan fingerprint density at radius 1 is 1.39 bits per heavy atom. The fraction of sp³-hybridized carbons (Fsp3) is 0.500. The van der Waals surface area contributed by atoms with Crippen LogP contribution in [0.2, 0.25) is 0 Å². The van der Waals surface area contributed by atoms with E-state index in [1.54, 1.807) is 0 Å². The Kier molecular flexibility index (Phi) is 6.39. The first-order chi connectivity index (χ1) is 8.67. The van der Waals surface area contributed by atoms with Gasteiger partial charge in [0.2, 0.25) is 5.91 Å². The average Bonchev–Trinajstić information content (AvgIpc) is 2.37. The minimum atomic E-state index is -0.120.